The van der Waals surface area contributed by atoms with E-state index < -0.39 is 0 Å². The SMILES string of the molecule is CCc1ccc(C(=O)CCC(=O)Nc2ccc(Cc3ccncc3)cc2)cc1. The number of aromatic nitrogens is 1. The fourth-order valence-electron chi connectivity index (χ4n) is 2.96. The first kappa shape index (κ1) is 19.5. The number of hydrogen-bond donors (Lipinski definition) is 1. The third-order valence-electron chi connectivity index (χ3n) is 4.66. The first-order valence-corrected chi connectivity index (χ1v) is 9.54. The highest BCUT2D eigenvalue weighted by atomic mass is 16.2. The molecule has 4 nitrogen and oxygen atoms in total. The van der Waals surface area contributed by atoms with E-state index >= 15 is 0 Å². The van der Waals surface area contributed by atoms with Crippen molar-refractivity contribution in [3.05, 3.63) is 95.3 Å². The van der Waals surface area contributed by atoms with Gasteiger partial charge in [0, 0.05) is 36.5 Å². The number of benzene rings is 2. The molecule has 28 heavy (non-hydrogen) atoms. The molecule has 0 spiro atoms. The number of anilines is 1. The summed E-state index contributed by atoms with van der Waals surface area (Å²) in [5.41, 5.74) is 4.95. The maximum Gasteiger partial charge on any atom is 0.224 e. The number of carbonyl (C=O) groups excluding carboxylic acids is 2. The molecule has 0 radical (unpaired) electrons. The highest BCUT2D eigenvalue weighted by Crippen LogP contribution is 2.14. The second kappa shape index (κ2) is 9.60. The van der Waals surface area contributed by atoms with E-state index in [1.807, 2.05) is 60.7 Å². The van der Waals surface area contributed by atoms with Crippen LogP contribution in [0, 0.1) is 0 Å². The molecule has 142 valence electrons. The maximum absolute atomic E-state index is 12.2. The Hall–Kier alpha value is -3.27. The Kier molecular flexibility index (Phi) is 6.68. The van der Waals surface area contributed by atoms with Gasteiger partial charge in [-0.25, -0.2) is 0 Å². The summed E-state index contributed by atoms with van der Waals surface area (Å²) in [6, 6.07) is 19.3. The van der Waals surface area contributed by atoms with Crippen molar-refractivity contribution in [2.24, 2.45) is 0 Å². The van der Waals surface area contributed by atoms with Gasteiger partial charge in [-0.15, -0.1) is 0 Å². The van der Waals surface area contributed by atoms with Crippen molar-refractivity contribution in [2.45, 2.75) is 32.6 Å². The van der Waals surface area contributed by atoms with Gasteiger partial charge in [-0.2, -0.15) is 0 Å². The summed E-state index contributed by atoms with van der Waals surface area (Å²) < 4.78 is 0. The average molecular weight is 372 g/mol. The van der Waals surface area contributed by atoms with Gasteiger partial charge in [0.25, 0.3) is 0 Å². The van der Waals surface area contributed by atoms with Gasteiger partial charge in [0.05, 0.1) is 0 Å². The minimum absolute atomic E-state index is 0.00879. The zero-order valence-electron chi connectivity index (χ0n) is 16.0. The van der Waals surface area contributed by atoms with E-state index in [1.165, 1.54) is 11.1 Å². The van der Waals surface area contributed by atoms with Gasteiger partial charge in [-0.1, -0.05) is 43.3 Å². The van der Waals surface area contributed by atoms with Crippen molar-refractivity contribution in [2.75, 3.05) is 5.32 Å². The van der Waals surface area contributed by atoms with Crippen molar-refractivity contribution in [3.8, 4) is 0 Å². The lowest BCUT2D eigenvalue weighted by Crippen LogP contribution is -2.13. The van der Waals surface area contributed by atoms with E-state index in [0.29, 0.717) is 5.56 Å². The molecule has 0 aliphatic carbocycles. The zero-order valence-corrected chi connectivity index (χ0v) is 16.0. The zero-order chi connectivity index (χ0) is 19.8. The fraction of sp³-hybridized carbons (Fsp3) is 0.208. The van der Waals surface area contributed by atoms with E-state index in [1.54, 1.807) is 12.4 Å². The maximum atomic E-state index is 12.2. The van der Waals surface area contributed by atoms with E-state index in [0.717, 1.165) is 24.1 Å². The Morgan fingerprint density at radius 2 is 1.39 bits per heavy atom. The normalized spacial score (nSPS) is 10.5. The minimum atomic E-state index is -0.152. The van der Waals surface area contributed by atoms with Gasteiger partial charge in [-0.05, 0) is 53.8 Å². The summed E-state index contributed by atoms with van der Waals surface area (Å²) >= 11 is 0. The molecule has 4 heteroatoms. The van der Waals surface area contributed by atoms with Crippen LogP contribution in [-0.2, 0) is 17.6 Å². The number of aryl methyl sites for hydroxylation is 1. The molecule has 1 amide bonds. The lowest BCUT2D eigenvalue weighted by molar-refractivity contribution is -0.116. The summed E-state index contributed by atoms with van der Waals surface area (Å²) in [5.74, 6) is -0.161. The van der Waals surface area contributed by atoms with Crippen molar-refractivity contribution in [3.63, 3.8) is 0 Å². The molecule has 0 saturated heterocycles. The molecule has 0 fully saturated rings. The number of rotatable bonds is 8. The second-order valence-electron chi connectivity index (χ2n) is 6.75. The van der Waals surface area contributed by atoms with E-state index in [2.05, 4.69) is 17.2 Å². The standard InChI is InChI=1S/C24H24N2O2/c1-2-18-3-7-21(8-4-18)23(27)11-12-24(28)26-22-9-5-19(6-10-22)17-20-13-15-25-16-14-20/h3-10,13-16H,2,11-12,17H2,1H3,(H,26,28). The van der Waals surface area contributed by atoms with Crippen LogP contribution in [-0.4, -0.2) is 16.7 Å². The predicted molar refractivity (Wildman–Crippen MR) is 111 cm³/mol. The molecule has 0 aliphatic rings. The molecule has 3 aromatic rings. The van der Waals surface area contributed by atoms with Gasteiger partial charge in [0.15, 0.2) is 5.78 Å². The van der Waals surface area contributed by atoms with Gasteiger partial charge in [-0.3, -0.25) is 14.6 Å². The first-order chi connectivity index (χ1) is 13.6. The van der Waals surface area contributed by atoms with Gasteiger partial charge in [0.2, 0.25) is 5.91 Å². The third-order valence-corrected chi connectivity index (χ3v) is 4.66. The lowest BCUT2D eigenvalue weighted by Gasteiger charge is -2.07. The van der Waals surface area contributed by atoms with E-state index in [-0.39, 0.29) is 24.5 Å². The van der Waals surface area contributed by atoms with Gasteiger partial charge in [0.1, 0.15) is 0 Å². The molecular formula is C24H24N2O2. The summed E-state index contributed by atoms with van der Waals surface area (Å²) in [7, 11) is 0. The highest BCUT2D eigenvalue weighted by Gasteiger charge is 2.10. The molecule has 0 unspecified atom stereocenters. The van der Waals surface area contributed by atoms with Crippen LogP contribution in [0.3, 0.4) is 0 Å². The molecule has 3 rings (SSSR count). The van der Waals surface area contributed by atoms with Crippen molar-refractivity contribution in [1.29, 1.82) is 0 Å². The minimum Gasteiger partial charge on any atom is -0.326 e. The number of carbonyl (C=O) groups is 2. The Labute approximate surface area is 165 Å². The molecular weight excluding hydrogens is 348 g/mol. The van der Waals surface area contributed by atoms with Gasteiger partial charge >= 0.3 is 0 Å². The number of nitrogens with zero attached hydrogens (tertiary/aromatic N) is 1. The summed E-state index contributed by atoms with van der Waals surface area (Å²) in [6.07, 6.45) is 5.71. The van der Waals surface area contributed by atoms with Crippen LogP contribution < -0.4 is 5.32 Å². The van der Waals surface area contributed by atoms with Crippen LogP contribution in [0.2, 0.25) is 0 Å². The van der Waals surface area contributed by atoms with Crippen LogP contribution in [0.15, 0.2) is 73.1 Å². The number of hydrogen-bond acceptors (Lipinski definition) is 3. The average Bonchev–Trinajstić information content (AvgIpc) is 2.74. The van der Waals surface area contributed by atoms with Crippen LogP contribution in [0.1, 0.15) is 46.8 Å². The Balaban J connectivity index is 1.48. The Bertz CT molecular complexity index is 917. The second-order valence-corrected chi connectivity index (χ2v) is 6.75. The summed E-state index contributed by atoms with van der Waals surface area (Å²) in [4.78, 5) is 28.4. The lowest BCUT2D eigenvalue weighted by atomic mass is 10.0. The van der Waals surface area contributed by atoms with Crippen LogP contribution in [0.4, 0.5) is 5.69 Å². The van der Waals surface area contributed by atoms with Crippen molar-refractivity contribution >= 4 is 17.4 Å². The largest absolute Gasteiger partial charge is 0.326 e. The van der Waals surface area contributed by atoms with Crippen LogP contribution in [0.5, 0.6) is 0 Å². The molecule has 0 atom stereocenters. The monoisotopic (exact) mass is 372 g/mol. The number of amides is 1. The quantitative estimate of drug-likeness (QED) is 0.576. The molecule has 2 aromatic carbocycles. The molecule has 0 aliphatic heterocycles. The Morgan fingerprint density at radius 3 is 2.04 bits per heavy atom. The first-order valence-electron chi connectivity index (χ1n) is 9.54. The van der Waals surface area contributed by atoms with E-state index in [9.17, 15) is 9.59 Å². The molecule has 1 aromatic heterocycles. The molecule has 0 saturated carbocycles. The highest BCUT2D eigenvalue weighted by molar-refractivity contribution is 6.00. The summed E-state index contributed by atoms with van der Waals surface area (Å²) in [6.45, 7) is 2.08. The smallest absolute Gasteiger partial charge is 0.224 e. The van der Waals surface area contributed by atoms with Crippen LogP contribution in [0.25, 0.3) is 0 Å². The molecule has 0 bridgehead atoms. The summed E-state index contributed by atoms with van der Waals surface area (Å²) in [5, 5.41) is 2.86. The van der Waals surface area contributed by atoms with Gasteiger partial charge < -0.3 is 5.32 Å². The van der Waals surface area contributed by atoms with Crippen LogP contribution >= 0.6 is 0 Å². The van der Waals surface area contributed by atoms with Crippen molar-refractivity contribution < 1.29 is 9.59 Å². The van der Waals surface area contributed by atoms with E-state index in [4.69, 9.17) is 0 Å². The Morgan fingerprint density at radius 1 is 0.786 bits per heavy atom. The third kappa shape index (κ3) is 5.61. The number of Topliss-reactive ketones (excluding diaryl/α,β-unsaturated/α-hetero) is 1. The number of pyridine rings is 1. The number of nitrogens with one attached hydrogen (secondary N) is 1. The molecule has 1 heterocycles. The molecule has 1 N–H and O–H groups in total. The predicted octanol–water partition coefficient (Wildman–Crippen LogP) is 4.84. The topological polar surface area (TPSA) is 59.1 Å². The number of ketones is 1. The fourth-order valence-corrected chi connectivity index (χ4v) is 2.96. The van der Waals surface area contributed by atoms with Crippen molar-refractivity contribution in [1.82, 2.24) is 4.98 Å².